The Kier molecular flexibility index (Phi) is 3.29. The summed E-state index contributed by atoms with van der Waals surface area (Å²) in [5.74, 6) is 0.651. The van der Waals surface area contributed by atoms with Gasteiger partial charge in [0.1, 0.15) is 5.82 Å². The van der Waals surface area contributed by atoms with Crippen molar-refractivity contribution in [2.45, 2.75) is 25.9 Å². The van der Waals surface area contributed by atoms with Gasteiger partial charge in [0.05, 0.1) is 19.3 Å². The summed E-state index contributed by atoms with van der Waals surface area (Å²) in [5, 5.41) is 9.34. The number of aliphatic hydroxyl groups is 1. The largest absolute Gasteiger partial charge is 0.490 e. The second kappa shape index (κ2) is 4.70. The lowest BCUT2D eigenvalue weighted by Gasteiger charge is -2.14. The van der Waals surface area contributed by atoms with Crippen LogP contribution in [0.2, 0.25) is 0 Å². The smallest absolute Gasteiger partial charge is 0.167 e. The first-order valence-electron chi connectivity index (χ1n) is 5.43. The van der Waals surface area contributed by atoms with Crippen LogP contribution in [0.3, 0.4) is 0 Å². The van der Waals surface area contributed by atoms with Crippen LogP contribution < -0.4 is 9.47 Å². The monoisotopic (exact) mass is 226 g/mol. The number of ether oxygens (including phenoxy) is 2. The fourth-order valence-electron chi connectivity index (χ4n) is 1.76. The van der Waals surface area contributed by atoms with Crippen molar-refractivity contribution in [1.82, 2.24) is 0 Å². The molecule has 1 atom stereocenters. The molecule has 0 spiro atoms. The fraction of sp³-hybridized carbons (Fsp3) is 0.500. The molecule has 1 aliphatic heterocycles. The van der Waals surface area contributed by atoms with Crippen LogP contribution >= 0.6 is 0 Å². The minimum atomic E-state index is -0.604. The minimum absolute atomic E-state index is 0.234. The molecule has 0 bridgehead atoms. The van der Waals surface area contributed by atoms with Gasteiger partial charge in [0.2, 0.25) is 0 Å². The van der Waals surface area contributed by atoms with Gasteiger partial charge in [-0.25, -0.2) is 4.39 Å². The maximum Gasteiger partial charge on any atom is 0.167 e. The van der Waals surface area contributed by atoms with E-state index in [2.05, 4.69) is 0 Å². The number of halogens is 1. The summed E-state index contributed by atoms with van der Waals surface area (Å²) in [5.41, 5.74) is 0.398. The van der Waals surface area contributed by atoms with E-state index in [4.69, 9.17) is 9.47 Å². The molecule has 3 nitrogen and oxygen atoms in total. The Balaban J connectivity index is 2.40. The number of hydrogen-bond acceptors (Lipinski definition) is 3. The summed E-state index contributed by atoms with van der Waals surface area (Å²) in [6.45, 7) is 2.71. The molecule has 1 N–H and O–H groups in total. The lowest BCUT2D eigenvalue weighted by molar-refractivity contribution is 0.191. The highest BCUT2D eigenvalue weighted by Crippen LogP contribution is 2.35. The van der Waals surface area contributed by atoms with Crippen LogP contribution in [0, 0.1) is 5.82 Å². The van der Waals surface area contributed by atoms with Crippen molar-refractivity contribution in [3.8, 4) is 11.5 Å². The van der Waals surface area contributed by atoms with Crippen molar-refractivity contribution in [3.63, 3.8) is 0 Å². The second-order valence-corrected chi connectivity index (χ2v) is 3.96. The van der Waals surface area contributed by atoms with Gasteiger partial charge in [-0.15, -0.1) is 0 Å². The van der Waals surface area contributed by atoms with Gasteiger partial charge in [-0.3, -0.25) is 0 Å². The summed E-state index contributed by atoms with van der Waals surface area (Å²) >= 11 is 0. The summed E-state index contributed by atoms with van der Waals surface area (Å²) in [7, 11) is 0. The number of aliphatic hydroxyl groups excluding tert-OH is 1. The lowest BCUT2D eigenvalue weighted by Crippen LogP contribution is -2.09. The van der Waals surface area contributed by atoms with E-state index >= 15 is 0 Å². The van der Waals surface area contributed by atoms with Crippen molar-refractivity contribution in [3.05, 3.63) is 23.5 Å². The van der Waals surface area contributed by atoms with Gasteiger partial charge in [0.15, 0.2) is 11.5 Å². The molecule has 1 aliphatic rings. The summed E-state index contributed by atoms with van der Waals surface area (Å²) < 4.78 is 24.6. The van der Waals surface area contributed by atoms with E-state index in [0.717, 1.165) is 6.42 Å². The molecule has 16 heavy (non-hydrogen) atoms. The van der Waals surface area contributed by atoms with Crippen LogP contribution in [0.5, 0.6) is 11.5 Å². The normalized spacial score (nSPS) is 16.7. The second-order valence-electron chi connectivity index (χ2n) is 3.96. The van der Waals surface area contributed by atoms with Crippen molar-refractivity contribution >= 4 is 0 Å². The summed E-state index contributed by atoms with van der Waals surface area (Å²) in [6, 6.07) is 2.92. The van der Waals surface area contributed by atoms with E-state index in [9.17, 15) is 9.50 Å². The molecule has 1 heterocycles. The Morgan fingerprint density at radius 1 is 1.38 bits per heavy atom. The Labute approximate surface area is 93.8 Å². The fourth-order valence-corrected chi connectivity index (χ4v) is 1.76. The van der Waals surface area contributed by atoms with E-state index in [-0.39, 0.29) is 12.2 Å². The van der Waals surface area contributed by atoms with Crippen LogP contribution in [0.4, 0.5) is 4.39 Å². The molecule has 0 saturated carbocycles. The predicted octanol–water partition coefficient (Wildman–Crippen LogP) is 1.91. The zero-order valence-electron chi connectivity index (χ0n) is 9.20. The van der Waals surface area contributed by atoms with Crippen molar-refractivity contribution in [2.24, 2.45) is 0 Å². The zero-order chi connectivity index (χ0) is 11.5. The Hall–Kier alpha value is -1.29. The molecule has 1 aromatic carbocycles. The molecule has 0 radical (unpaired) electrons. The number of hydrogen-bond donors (Lipinski definition) is 1. The molecule has 88 valence electrons. The maximum atomic E-state index is 13.6. The van der Waals surface area contributed by atoms with Crippen molar-refractivity contribution in [1.29, 1.82) is 0 Å². The molecule has 2 rings (SSSR count). The van der Waals surface area contributed by atoms with Crippen LogP contribution in [0.25, 0.3) is 0 Å². The van der Waals surface area contributed by atoms with Gasteiger partial charge in [-0.2, -0.15) is 0 Å². The van der Waals surface area contributed by atoms with Crippen molar-refractivity contribution < 1.29 is 19.0 Å². The van der Waals surface area contributed by atoms with Crippen LogP contribution in [0.15, 0.2) is 12.1 Å². The Morgan fingerprint density at radius 2 is 2.12 bits per heavy atom. The van der Waals surface area contributed by atoms with E-state index in [1.807, 2.05) is 0 Å². The third kappa shape index (κ3) is 2.27. The highest BCUT2D eigenvalue weighted by atomic mass is 19.1. The maximum absolute atomic E-state index is 13.6. The first-order chi connectivity index (χ1) is 7.68. The SMILES string of the molecule is CC(O)Cc1c(F)ccc2c1OCCCO2. The molecule has 4 heteroatoms. The first kappa shape index (κ1) is 11.2. The molecule has 0 aromatic heterocycles. The molecule has 1 unspecified atom stereocenters. The Morgan fingerprint density at radius 3 is 2.88 bits per heavy atom. The zero-order valence-corrected chi connectivity index (χ0v) is 9.20. The van der Waals surface area contributed by atoms with Crippen molar-refractivity contribution in [2.75, 3.05) is 13.2 Å². The molecular weight excluding hydrogens is 211 g/mol. The van der Waals surface area contributed by atoms with Gasteiger partial charge < -0.3 is 14.6 Å². The topological polar surface area (TPSA) is 38.7 Å². The van der Waals surface area contributed by atoms with Crippen LogP contribution in [0.1, 0.15) is 18.9 Å². The minimum Gasteiger partial charge on any atom is -0.490 e. The van der Waals surface area contributed by atoms with E-state index in [0.29, 0.717) is 30.3 Å². The van der Waals surface area contributed by atoms with E-state index in [1.165, 1.54) is 6.07 Å². The first-order valence-corrected chi connectivity index (χ1v) is 5.43. The average molecular weight is 226 g/mol. The van der Waals surface area contributed by atoms with Gasteiger partial charge in [0.25, 0.3) is 0 Å². The summed E-state index contributed by atoms with van der Waals surface area (Å²) in [6.07, 6.45) is 0.413. The number of benzene rings is 1. The van der Waals surface area contributed by atoms with Gasteiger partial charge in [0, 0.05) is 18.4 Å². The standard InChI is InChI=1S/C12H15FO3/c1-8(14)7-9-10(13)3-4-11-12(9)16-6-2-5-15-11/h3-4,8,14H,2,5-7H2,1H3. The van der Waals surface area contributed by atoms with Gasteiger partial charge in [-0.05, 0) is 19.1 Å². The summed E-state index contributed by atoms with van der Waals surface area (Å²) in [4.78, 5) is 0. The molecule has 0 saturated heterocycles. The van der Waals surface area contributed by atoms with Crippen LogP contribution in [-0.4, -0.2) is 24.4 Å². The number of fused-ring (bicyclic) bond motifs is 1. The van der Waals surface area contributed by atoms with E-state index < -0.39 is 6.10 Å². The van der Waals surface area contributed by atoms with Crippen LogP contribution in [-0.2, 0) is 6.42 Å². The van der Waals surface area contributed by atoms with Gasteiger partial charge >= 0.3 is 0 Å². The highest BCUT2D eigenvalue weighted by Gasteiger charge is 2.19. The lowest BCUT2D eigenvalue weighted by atomic mass is 10.1. The number of rotatable bonds is 2. The predicted molar refractivity (Wildman–Crippen MR) is 57.4 cm³/mol. The molecule has 0 amide bonds. The molecule has 0 aliphatic carbocycles. The average Bonchev–Trinajstić information content (AvgIpc) is 2.47. The molecular formula is C12H15FO3. The van der Waals surface area contributed by atoms with Gasteiger partial charge in [-0.1, -0.05) is 0 Å². The Bertz CT molecular complexity index is 377. The molecule has 1 aromatic rings. The third-order valence-corrected chi connectivity index (χ3v) is 2.46. The van der Waals surface area contributed by atoms with E-state index in [1.54, 1.807) is 13.0 Å². The molecule has 0 fully saturated rings. The quantitative estimate of drug-likeness (QED) is 0.837. The third-order valence-electron chi connectivity index (χ3n) is 2.46. The highest BCUT2D eigenvalue weighted by molar-refractivity contribution is 5.48.